The monoisotopic (exact) mass is 692 g/mol. The zero-order valence-corrected chi connectivity index (χ0v) is 30.3. The average Bonchev–Trinajstić information content (AvgIpc) is 3.89. The molecule has 0 aliphatic heterocycles. The van der Waals surface area contributed by atoms with E-state index < -0.39 is 0 Å². The van der Waals surface area contributed by atoms with Gasteiger partial charge in [-0.2, -0.15) is 10.5 Å². The van der Waals surface area contributed by atoms with Gasteiger partial charge in [0, 0.05) is 43.5 Å². The molecule has 0 atom stereocenters. The molecule has 0 amide bonds. The third kappa shape index (κ3) is 3.85. The molecule has 0 saturated heterocycles. The number of fused-ring (bicyclic) bond motifs is 14. The molecule has 7 aromatic carbocycles. The quantitative estimate of drug-likeness (QED) is 0.181. The van der Waals surface area contributed by atoms with E-state index in [4.69, 9.17) is 8.83 Å². The number of nitrogens with zero attached hydrogens (tertiary/aromatic N) is 2. The fourth-order valence-corrected chi connectivity index (χ4v) is 9.56. The summed E-state index contributed by atoms with van der Waals surface area (Å²) < 4.78 is 13.5. The Morgan fingerprint density at radius 3 is 1.20 bits per heavy atom. The van der Waals surface area contributed by atoms with E-state index in [9.17, 15) is 10.5 Å². The first-order valence-corrected chi connectivity index (χ1v) is 18.4. The van der Waals surface area contributed by atoms with Crippen LogP contribution in [0.4, 0.5) is 0 Å². The highest BCUT2D eigenvalue weighted by atomic mass is 16.3. The van der Waals surface area contributed by atoms with E-state index in [1.165, 1.54) is 44.5 Å². The molecule has 0 bridgehead atoms. The van der Waals surface area contributed by atoms with E-state index >= 15 is 0 Å². The van der Waals surface area contributed by atoms with Crippen LogP contribution >= 0.6 is 0 Å². The van der Waals surface area contributed by atoms with Gasteiger partial charge in [-0.25, -0.2) is 0 Å². The zero-order chi connectivity index (χ0) is 36.7. The SMILES string of the molecule is CC1(C)c2cc3c(cc2-c2c1cc(-c1ccc(C#N)cc1)c1oc4ccccc4c21)C(C)(C)c1cc(-c2ccc(C#N)cc2)c2oc4ccccc4c2c1-3. The lowest BCUT2D eigenvalue weighted by Crippen LogP contribution is -2.17. The lowest BCUT2D eigenvalue weighted by atomic mass is 9.79. The minimum Gasteiger partial charge on any atom is -0.455 e. The summed E-state index contributed by atoms with van der Waals surface area (Å²) in [4.78, 5) is 0. The van der Waals surface area contributed by atoms with Gasteiger partial charge in [0.2, 0.25) is 0 Å². The lowest BCUT2D eigenvalue weighted by Gasteiger charge is -2.24. The van der Waals surface area contributed by atoms with Gasteiger partial charge in [-0.15, -0.1) is 0 Å². The van der Waals surface area contributed by atoms with Crippen molar-refractivity contribution in [3.63, 3.8) is 0 Å². The molecule has 0 unspecified atom stereocenters. The number of hydrogen-bond donors (Lipinski definition) is 0. The lowest BCUT2D eigenvalue weighted by molar-refractivity contribution is 0.650. The van der Waals surface area contributed by atoms with Crippen LogP contribution in [0.5, 0.6) is 0 Å². The van der Waals surface area contributed by atoms with Gasteiger partial charge >= 0.3 is 0 Å². The molecule has 2 aliphatic carbocycles. The van der Waals surface area contributed by atoms with Crippen LogP contribution in [-0.4, -0.2) is 0 Å². The topological polar surface area (TPSA) is 73.9 Å². The number of nitriles is 2. The maximum absolute atomic E-state index is 9.53. The van der Waals surface area contributed by atoms with Crippen molar-refractivity contribution in [2.45, 2.75) is 38.5 Å². The third-order valence-electron chi connectivity index (χ3n) is 12.3. The summed E-state index contributed by atoms with van der Waals surface area (Å²) in [6.07, 6.45) is 0. The fourth-order valence-electron chi connectivity index (χ4n) is 9.56. The van der Waals surface area contributed by atoms with E-state index in [1.54, 1.807) is 0 Å². The summed E-state index contributed by atoms with van der Waals surface area (Å²) in [5.74, 6) is 0. The normalized spacial score (nSPS) is 14.6. The molecule has 2 aromatic heterocycles. The van der Waals surface area contributed by atoms with Gasteiger partial charge < -0.3 is 8.83 Å². The van der Waals surface area contributed by atoms with Crippen molar-refractivity contribution in [2.24, 2.45) is 0 Å². The first-order valence-electron chi connectivity index (χ1n) is 18.4. The summed E-state index contributed by atoms with van der Waals surface area (Å²) in [7, 11) is 0. The van der Waals surface area contributed by atoms with Crippen molar-refractivity contribution < 1.29 is 8.83 Å². The summed E-state index contributed by atoms with van der Waals surface area (Å²) in [5.41, 5.74) is 18.3. The van der Waals surface area contributed by atoms with Crippen LogP contribution in [0, 0.1) is 22.7 Å². The molecule has 0 radical (unpaired) electrons. The molecule has 9 aromatic rings. The molecule has 0 saturated carbocycles. The molecule has 2 aliphatic rings. The number of para-hydroxylation sites is 2. The van der Waals surface area contributed by atoms with Crippen molar-refractivity contribution in [3.8, 4) is 56.6 Å². The van der Waals surface area contributed by atoms with Crippen LogP contribution in [0.15, 0.2) is 130 Å². The van der Waals surface area contributed by atoms with Gasteiger partial charge in [0.15, 0.2) is 0 Å². The number of furan rings is 2. The zero-order valence-electron chi connectivity index (χ0n) is 30.3. The number of hydrogen-bond acceptors (Lipinski definition) is 4. The van der Waals surface area contributed by atoms with Crippen LogP contribution < -0.4 is 0 Å². The third-order valence-corrected chi connectivity index (χ3v) is 12.3. The van der Waals surface area contributed by atoms with Gasteiger partial charge in [-0.05, 0) is 116 Å². The van der Waals surface area contributed by atoms with Crippen LogP contribution in [-0.2, 0) is 10.8 Å². The van der Waals surface area contributed by atoms with Crippen molar-refractivity contribution in [1.29, 1.82) is 10.5 Å². The van der Waals surface area contributed by atoms with E-state index in [2.05, 4.69) is 100 Å². The molecule has 11 rings (SSSR count). The van der Waals surface area contributed by atoms with Crippen LogP contribution in [0.2, 0.25) is 0 Å². The highest BCUT2D eigenvalue weighted by Crippen LogP contribution is 2.61. The molecule has 2 heterocycles. The van der Waals surface area contributed by atoms with Crippen molar-refractivity contribution in [1.82, 2.24) is 0 Å². The van der Waals surface area contributed by atoms with Crippen LogP contribution in [0.3, 0.4) is 0 Å². The number of benzene rings is 7. The van der Waals surface area contributed by atoms with Gasteiger partial charge in [-0.3, -0.25) is 0 Å². The summed E-state index contributed by atoms with van der Waals surface area (Å²) in [6, 6.07) is 46.5. The van der Waals surface area contributed by atoms with E-state index in [1.807, 2.05) is 60.7 Å². The highest BCUT2D eigenvalue weighted by Gasteiger charge is 2.44. The van der Waals surface area contributed by atoms with Crippen molar-refractivity contribution in [2.75, 3.05) is 0 Å². The second-order valence-corrected chi connectivity index (χ2v) is 15.9. The Bertz CT molecular complexity index is 2990. The van der Waals surface area contributed by atoms with Gasteiger partial charge in [-0.1, -0.05) is 88.4 Å². The van der Waals surface area contributed by atoms with Gasteiger partial charge in [0.05, 0.1) is 23.3 Å². The Morgan fingerprint density at radius 1 is 0.444 bits per heavy atom. The Kier molecular flexibility index (Phi) is 5.90. The first-order chi connectivity index (χ1) is 26.2. The largest absolute Gasteiger partial charge is 0.455 e. The summed E-state index contributed by atoms with van der Waals surface area (Å²) in [5, 5.41) is 23.5. The van der Waals surface area contributed by atoms with Crippen LogP contribution in [0.25, 0.3) is 88.4 Å². The molecule has 54 heavy (non-hydrogen) atoms. The predicted molar refractivity (Wildman–Crippen MR) is 216 cm³/mol. The van der Waals surface area contributed by atoms with E-state index in [-0.39, 0.29) is 10.8 Å². The highest BCUT2D eigenvalue weighted by molar-refractivity contribution is 6.21. The maximum atomic E-state index is 9.53. The first kappa shape index (κ1) is 30.7. The molecular formula is C50H32N2O2. The Balaban J connectivity index is 1.22. The van der Waals surface area contributed by atoms with E-state index in [0.29, 0.717) is 11.1 Å². The Morgan fingerprint density at radius 2 is 0.815 bits per heavy atom. The molecule has 4 heteroatoms. The number of rotatable bonds is 2. The van der Waals surface area contributed by atoms with Crippen LogP contribution in [0.1, 0.15) is 61.1 Å². The molecular weight excluding hydrogens is 661 g/mol. The predicted octanol–water partition coefficient (Wildman–Crippen LogP) is 13.2. The van der Waals surface area contributed by atoms with Crippen molar-refractivity contribution in [3.05, 3.63) is 155 Å². The minimum absolute atomic E-state index is 0.319. The second kappa shape index (κ2) is 10.4. The Labute approximate surface area is 312 Å². The molecule has 0 N–H and O–H groups in total. The molecule has 254 valence electrons. The summed E-state index contributed by atoms with van der Waals surface area (Å²) in [6.45, 7) is 9.38. The maximum Gasteiger partial charge on any atom is 0.143 e. The Hall–Kier alpha value is -6.88. The smallest absolute Gasteiger partial charge is 0.143 e. The average molecular weight is 693 g/mol. The molecule has 4 nitrogen and oxygen atoms in total. The molecule has 0 spiro atoms. The van der Waals surface area contributed by atoms with E-state index in [0.717, 1.165) is 66.1 Å². The van der Waals surface area contributed by atoms with Gasteiger partial charge in [0.25, 0.3) is 0 Å². The minimum atomic E-state index is -0.319. The fraction of sp³-hybridized carbons (Fsp3) is 0.120. The summed E-state index contributed by atoms with van der Waals surface area (Å²) >= 11 is 0. The van der Waals surface area contributed by atoms with Crippen molar-refractivity contribution >= 4 is 43.9 Å². The molecule has 0 fully saturated rings. The van der Waals surface area contributed by atoms with Gasteiger partial charge in [0.1, 0.15) is 22.3 Å². The second-order valence-electron chi connectivity index (χ2n) is 15.9. The standard InChI is InChI=1S/C50H32N2O2/c1-49(2)37-23-36-38(24-35(37)43-39(49)21-33(29-17-13-27(25-51)14-18-29)47-45(43)31-9-5-7-11-41(31)53-47)50(3,4)40-22-34(30-19-15-28(26-52)16-20-30)48-46(44(36)40)32-10-6-8-12-42(32)54-48/h5-24H,1-4H3.